The molecule has 2 aromatic carbocycles. The normalized spacial score (nSPS) is 23.5. The maximum atomic E-state index is 14.3. The van der Waals surface area contributed by atoms with Crippen LogP contribution >= 0.6 is 11.8 Å². The molecule has 7 nitrogen and oxygen atoms in total. The summed E-state index contributed by atoms with van der Waals surface area (Å²) in [7, 11) is 0. The monoisotopic (exact) mass is 479 g/mol. The van der Waals surface area contributed by atoms with Crippen molar-refractivity contribution >= 4 is 17.7 Å². The lowest BCUT2D eigenvalue weighted by molar-refractivity contribution is -0.0468. The summed E-state index contributed by atoms with van der Waals surface area (Å²) >= 11 is 1.63. The van der Waals surface area contributed by atoms with E-state index < -0.39 is 29.3 Å². The highest BCUT2D eigenvalue weighted by molar-refractivity contribution is 7.98. The first-order valence-electron chi connectivity index (χ1n) is 11.1. The minimum Gasteiger partial charge on any atom is -0.502 e. The molecule has 1 aromatic heterocycles. The van der Waals surface area contributed by atoms with Crippen LogP contribution in [0.1, 0.15) is 40.1 Å². The van der Waals surface area contributed by atoms with Gasteiger partial charge in [0.25, 0.3) is 5.91 Å². The van der Waals surface area contributed by atoms with Crippen LogP contribution in [-0.4, -0.2) is 46.0 Å². The molecule has 9 heteroatoms. The summed E-state index contributed by atoms with van der Waals surface area (Å²) in [5.74, 6) is -0.708. The summed E-state index contributed by atoms with van der Waals surface area (Å²) in [4.78, 5) is 28.6. The van der Waals surface area contributed by atoms with E-state index in [2.05, 4.69) is 0 Å². The first-order valence-corrected chi connectivity index (χ1v) is 12.1. The number of nitrogens with zero attached hydrogens (tertiary/aromatic N) is 3. The second-order valence-electron chi connectivity index (χ2n) is 8.75. The van der Waals surface area contributed by atoms with E-state index >= 15 is 0 Å². The quantitative estimate of drug-likeness (QED) is 0.578. The first kappa shape index (κ1) is 21.2. The molecule has 0 spiro atoms. The van der Waals surface area contributed by atoms with Gasteiger partial charge in [0.2, 0.25) is 5.43 Å². The molecular formula is C25H22FN3O4S. The summed E-state index contributed by atoms with van der Waals surface area (Å²) < 4.78 is 21.7. The van der Waals surface area contributed by atoms with Gasteiger partial charge in [-0.25, -0.2) is 4.39 Å². The molecule has 3 aliphatic heterocycles. The van der Waals surface area contributed by atoms with E-state index in [4.69, 9.17) is 4.74 Å². The molecule has 3 aromatic rings. The Kier molecular flexibility index (Phi) is 4.93. The van der Waals surface area contributed by atoms with Gasteiger partial charge < -0.3 is 14.7 Å². The molecule has 174 valence electrons. The van der Waals surface area contributed by atoms with Crippen LogP contribution in [0.25, 0.3) is 0 Å². The predicted molar refractivity (Wildman–Crippen MR) is 125 cm³/mol. The number of amides is 1. The third-order valence-electron chi connectivity index (χ3n) is 6.73. The molecule has 1 fully saturated rings. The molecule has 1 amide bonds. The van der Waals surface area contributed by atoms with Crippen LogP contribution in [0.2, 0.25) is 0 Å². The third-order valence-corrected chi connectivity index (χ3v) is 7.87. The lowest BCUT2D eigenvalue weighted by atomic mass is 9.93. The zero-order valence-electron chi connectivity index (χ0n) is 18.3. The highest BCUT2D eigenvalue weighted by Gasteiger charge is 2.47. The number of halogens is 1. The molecule has 6 rings (SSSR count). The number of morpholine rings is 1. The molecule has 3 atom stereocenters. The molecule has 0 radical (unpaired) electrons. The van der Waals surface area contributed by atoms with E-state index in [1.165, 1.54) is 18.3 Å². The van der Waals surface area contributed by atoms with E-state index in [1.807, 2.05) is 36.2 Å². The zero-order valence-corrected chi connectivity index (χ0v) is 19.2. The average Bonchev–Trinajstić information content (AvgIpc) is 2.98. The number of aromatic nitrogens is 1. The van der Waals surface area contributed by atoms with Gasteiger partial charge in [-0.3, -0.25) is 19.3 Å². The second kappa shape index (κ2) is 7.89. The fourth-order valence-electron chi connectivity index (χ4n) is 5.22. The summed E-state index contributed by atoms with van der Waals surface area (Å²) in [5.41, 5.74) is 2.06. The van der Waals surface area contributed by atoms with Gasteiger partial charge in [0, 0.05) is 22.9 Å². The number of carbonyl (C=O) groups is 1. The predicted octanol–water partition coefficient (Wildman–Crippen LogP) is 3.23. The molecule has 0 aliphatic carbocycles. The Labute approximate surface area is 199 Å². The van der Waals surface area contributed by atoms with E-state index in [0.29, 0.717) is 12.4 Å². The molecular weight excluding hydrogens is 457 g/mol. The summed E-state index contributed by atoms with van der Waals surface area (Å²) in [5, 5.41) is 12.7. The first-order chi connectivity index (χ1) is 16.5. The van der Waals surface area contributed by atoms with Gasteiger partial charge >= 0.3 is 0 Å². The highest BCUT2D eigenvalue weighted by atomic mass is 32.2. The van der Waals surface area contributed by atoms with Crippen LogP contribution in [0.5, 0.6) is 5.75 Å². The lowest BCUT2D eigenvalue weighted by Crippen LogP contribution is -2.68. The van der Waals surface area contributed by atoms with Crippen molar-refractivity contribution in [2.24, 2.45) is 0 Å². The number of carbonyl (C=O) groups excluding carboxylic acids is 1. The van der Waals surface area contributed by atoms with Crippen molar-refractivity contribution in [3.63, 3.8) is 0 Å². The number of hydrogen-bond acceptors (Lipinski definition) is 6. The third kappa shape index (κ3) is 3.07. The molecule has 0 saturated carbocycles. The minimum atomic E-state index is -0.613. The van der Waals surface area contributed by atoms with Crippen molar-refractivity contribution in [2.45, 2.75) is 35.8 Å². The summed E-state index contributed by atoms with van der Waals surface area (Å²) in [6.07, 6.45) is 1.03. The van der Waals surface area contributed by atoms with Crippen molar-refractivity contribution in [1.29, 1.82) is 0 Å². The number of benzene rings is 2. The van der Waals surface area contributed by atoms with Crippen LogP contribution in [0.4, 0.5) is 4.39 Å². The maximum Gasteiger partial charge on any atom is 0.278 e. The topological polar surface area (TPSA) is 75.0 Å². The highest BCUT2D eigenvalue weighted by Crippen LogP contribution is 2.44. The van der Waals surface area contributed by atoms with Gasteiger partial charge in [-0.2, -0.15) is 0 Å². The maximum absolute atomic E-state index is 14.3. The van der Waals surface area contributed by atoms with E-state index in [0.717, 1.165) is 21.6 Å². The molecule has 34 heavy (non-hydrogen) atoms. The van der Waals surface area contributed by atoms with E-state index in [-0.39, 0.29) is 24.2 Å². The van der Waals surface area contributed by atoms with Gasteiger partial charge in [-0.1, -0.05) is 24.3 Å². The molecule has 1 unspecified atom stereocenters. The zero-order chi connectivity index (χ0) is 23.6. The lowest BCUT2D eigenvalue weighted by Gasteiger charge is -2.53. The number of ether oxygens (including phenoxy) is 1. The Bertz CT molecular complexity index is 1380. The standard InChI is InChI=1S/C25H22FN3O4S/c1-14-11-33-12-21-28(14)25(32)23-24(31)19(30)8-9-27(23)29(21)22-17-7-6-16(26)10-15(17)13-34-20-5-3-2-4-18(20)22/h2-10,14,21-22,31H,11-13H2,1H3/t14-,21?,22-/m0/s1. The van der Waals surface area contributed by atoms with Crippen molar-refractivity contribution < 1.29 is 19.0 Å². The average molecular weight is 480 g/mol. The Morgan fingerprint density at radius 3 is 2.76 bits per heavy atom. The number of fused-ring (bicyclic) bond motifs is 4. The van der Waals surface area contributed by atoms with Crippen LogP contribution in [0, 0.1) is 5.82 Å². The van der Waals surface area contributed by atoms with Gasteiger partial charge in [-0.15, -0.1) is 11.8 Å². The van der Waals surface area contributed by atoms with Gasteiger partial charge in [0.1, 0.15) is 12.0 Å². The number of aromatic hydroxyl groups is 1. The van der Waals surface area contributed by atoms with Crippen LogP contribution < -0.4 is 10.4 Å². The number of pyridine rings is 1. The largest absolute Gasteiger partial charge is 0.502 e. The molecule has 3 aliphatic rings. The Morgan fingerprint density at radius 2 is 1.91 bits per heavy atom. The molecule has 1 saturated heterocycles. The van der Waals surface area contributed by atoms with Crippen molar-refractivity contribution in [1.82, 2.24) is 9.58 Å². The Balaban J connectivity index is 1.66. The van der Waals surface area contributed by atoms with Crippen molar-refractivity contribution in [3.8, 4) is 5.75 Å². The summed E-state index contributed by atoms with van der Waals surface area (Å²) in [6.45, 7) is 2.49. The molecule has 0 bridgehead atoms. The smallest absolute Gasteiger partial charge is 0.278 e. The van der Waals surface area contributed by atoms with Gasteiger partial charge in [0.05, 0.1) is 25.3 Å². The fourth-order valence-corrected chi connectivity index (χ4v) is 6.30. The second-order valence-corrected chi connectivity index (χ2v) is 9.77. The van der Waals surface area contributed by atoms with E-state index in [9.17, 15) is 19.1 Å². The molecule has 4 heterocycles. The Hall–Kier alpha value is -3.30. The van der Waals surface area contributed by atoms with Crippen molar-refractivity contribution in [2.75, 3.05) is 18.2 Å². The van der Waals surface area contributed by atoms with Crippen molar-refractivity contribution in [3.05, 3.63) is 93.2 Å². The van der Waals surface area contributed by atoms with E-state index in [1.54, 1.807) is 33.5 Å². The van der Waals surface area contributed by atoms with Gasteiger partial charge in [0.15, 0.2) is 11.4 Å². The number of thioether (sulfide) groups is 1. The van der Waals surface area contributed by atoms with Crippen LogP contribution in [-0.2, 0) is 10.5 Å². The minimum absolute atomic E-state index is 0.0736. The SMILES string of the molecule is C[C@H]1COCC2N1C(=O)c1c(O)c(=O)ccn1N2[C@H]1c2ccc(F)cc2CSc2ccccc21. The van der Waals surface area contributed by atoms with Crippen LogP contribution in [0.15, 0.2) is 64.4 Å². The summed E-state index contributed by atoms with van der Waals surface area (Å²) in [6, 6.07) is 13.3. The number of rotatable bonds is 1. The van der Waals surface area contributed by atoms with Gasteiger partial charge in [-0.05, 0) is 41.8 Å². The van der Waals surface area contributed by atoms with Crippen LogP contribution in [0.3, 0.4) is 0 Å². The fraction of sp³-hybridized carbons (Fsp3) is 0.280. The number of hydrogen-bond donors (Lipinski definition) is 1. The Morgan fingerprint density at radius 1 is 1.09 bits per heavy atom. The molecule has 1 N–H and O–H groups in total.